The normalized spacial score (nSPS) is 11.9. The van der Waals surface area contributed by atoms with Crippen molar-refractivity contribution in [1.29, 1.82) is 0 Å². The van der Waals surface area contributed by atoms with Gasteiger partial charge in [-0.1, -0.05) is 6.92 Å². The summed E-state index contributed by atoms with van der Waals surface area (Å²) in [5.41, 5.74) is 0. The molecule has 0 saturated heterocycles. The van der Waals surface area contributed by atoms with Crippen molar-refractivity contribution in [3.63, 3.8) is 0 Å². The topological polar surface area (TPSA) is 101 Å². The predicted octanol–water partition coefficient (Wildman–Crippen LogP) is 0.0664. The number of aliphatic hydroxyl groups excluding tert-OH is 1. The fourth-order valence-electron chi connectivity index (χ4n) is 1.47. The smallest absolute Gasteiger partial charge is 0.274 e. The molecular formula is C12H22N2O5S. The fourth-order valence-corrected chi connectivity index (χ4v) is 2.43. The van der Waals surface area contributed by atoms with Gasteiger partial charge in [0.2, 0.25) is 5.09 Å². The maximum absolute atomic E-state index is 11.9. The van der Waals surface area contributed by atoms with Crippen LogP contribution in [0.3, 0.4) is 0 Å². The van der Waals surface area contributed by atoms with Crippen molar-refractivity contribution in [3.8, 4) is 0 Å². The first-order valence-corrected chi connectivity index (χ1v) is 8.06. The van der Waals surface area contributed by atoms with E-state index >= 15 is 0 Å². The zero-order valence-electron chi connectivity index (χ0n) is 11.6. The molecule has 0 aliphatic carbocycles. The molecule has 1 heterocycles. The summed E-state index contributed by atoms with van der Waals surface area (Å²) in [6.45, 7) is 3.84. The zero-order valence-corrected chi connectivity index (χ0v) is 12.4. The molecule has 0 unspecified atom stereocenters. The van der Waals surface area contributed by atoms with Crippen LogP contribution in [0.1, 0.15) is 19.1 Å². The maximum Gasteiger partial charge on any atom is 0.274 e. The molecule has 8 heteroatoms. The van der Waals surface area contributed by atoms with Gasteiger partial charge in [0.25, 0.3) is 10.0 Å². The van der Waals surface area contributed by atoms with E-state index in [0.29, 0.717) is 12.3 Å². The van der Waals surface area contributed by atoms with Crippen molar-refractivity contribution in [2.75, 3.05) is 32.9 Å². The number of hydrogen-bond acceptors (Lipinski definition) is 6. The Hall–Kier alpha value is -0.930. The minimum Gasteiger partial charge on any atom is -0.447 e. The third-order valence-corrected chi connectivity index (χ3v) is 3.74. The van der Waals surface area contributed by atoms with Gasteiger partial charge in [-0.15, -0.1) is 0 Å². The molecule has 1 rings (SSSR count). The van der Waals surface area contributed by atoms with E-state index in [1.165, 1.54) is 6.07 Å². The van der Waals surface area contributed by atoms with Gasteiger partial charge in [-0.05, 0) is 25.1 Å². The number of furan rings is 1. The van der Waals surface area contributed by atoms with E-state index in [1.54, 1.807) is 6.07 Å². The Morgan fingerprint density at radius 2 is 2.10 bits per heavy atom. The van der Waals surface area contributed by atoms with Gasteiger partial charge in [0.1, 0.15) is 5.76 Å². The lowest BCUT2D eigenvalue weighted by Crippen LogP contribution is -2.27. The lowest BCUT2D eigenvalue weighted by molar-refractivity contribution is 0.0961. The van der Waals surface area contributed by atoms with Crippen LogP contribution in [-0.2, 0) is 21.3 Å². The van der Waals surface area contributed by atoms with Gasteiger partial charge >= 0.3 is 0 Å². The van der Waals surface area contributed by atoms with Gasteiger partial charge in [0, 0.05) is 6.54 Å². The molecule has 0 aliphatic heterocycles. The number of rotatable bonds is 11. The molecule has 0 fully saturated rings. The summed E-state index contributed by atoms with van der Waals surface area (Å²) in [6, 6.07) is 3.07. The van der Waals surface area contributed by atoms with Crippen LogP contribution in [0.25, 0.3) is 0 Å². The minimum atomic E-state index is -3.64. The number of ether oxygens (including phenoxy) is 1. The number of hydrogen-bond donors (Lipinski definition) is 3. The highest BCUT2D eigenvalue weighted by Crippen LogP contribution is 2.13. The molecule has 0 bridgehead atoms. The third kappa shape index (κ3) is 6.02. The van der Waals surface area contributed by atoms with Gasteiger partial charge < -0.3 is 19.6 Å². The predicted molar refractivity (Wildman–Crippen MR) is 73.8 cm³/mol. The molecule has 0 radical (unpaired) electrons. The average molecular weight is 306 g/mol. The Balaban J connectivity index is 2.42. The Kier molecular flexibility index (Phi) is 7.78. The van der Waals surface area contributed by atoms with Crippen molar-refractivity contribution in [2.45, 2.75) is 25.0 Å². The summed E-state index contributed by atoms with van der Waals surface area (Å²) in [7, 11) is -3.64. The van der Waals surface area contributed by atoms with E-state index in [-0.39, 0.29) is 31.5 Å². The van der Waals surface area contributed by atoms with Crippen molar-refractivity contribution in [1.82, 2.24) is 10.0 Å². The van der Waals surface area contributed by atoms with Gasteiger partial charge in [0.15, 0.2) is 0 Å². The van der Waals surface area contributed by atoms with E-state index in [1.807, 2.05) is 6.92 Å². The Bertz CT molecular complexity index is 472. The third-order valence-electron chi connectivity index (χ3n) is 2.40. The second-order valence-corrected chi connectivity index (χ2v) is 5.83. The summed E-state index contributed by atoms with van der Waals surface area (Å²) < 4.78 is 36.4. The molecule has 1 aromatic rings. The SMILES string of the molecule is CCCNCc1ccc(S(=O)(=O)NCCOCCO)o1. The van der Waals surface area contributed by atoms with Crippen LogP contribution in [0.15, 0.2) is 21.6 Å². The van der Waals surface area contributed by atoms with E-state index in [4.69, 9.17) is 14.3 Å². The second-order valence-electron chi connectivity index (χ2n) is 4.13. The number of aliphatic hydroxyl groups is 1. The lowest BCUT2D eigenvalue weighted by atomic mass is 10.4. The van der Waals surface area contributed by atoms with Crippen LogP contribution in [0.4, 0.5) is 0 Å². The fraction of sp³-hybridized carbons (Fsp3) is 0.667. The molecule has 0 saturated carbocycles. The van der Waals surface area contributed by atoms with Crippen LogP contribution in [0.5, 0.6) is 0 Å². The quantitative estimate of drug-likeness (QED) is 0.500. The first kappa shape index (κ1) is 17.1. The highest BCUT2D eigenvalue weighted by molar-refractivity contribution is 7.89. The van der Waals surface area contributed by atoms with E-state index in [9.17, 15) is 8.42 Å². The van der Waals surface area contributed by atoms with Gasteiger partial charge in [-0.3, -0.25) is 0 Å². The monoisotopic (exact) mass is 306 g/mol. The molecule has 0 atom stereocenters. The van der Waals surface area contributed by atoms with Crippen LogP contribution in [0.2, 0.25) is 0 Å². The van der Waals surface area contributed by atoms with Gasteiger partial charge in [-0.2, -0.15) is 0 Å². The largest absolute Gasteiger partial charge is 0.447 e. The highest BCUT2D eigenvalue weighted by Gasteiger charge is 2.17. The molecule has 20 heavy (non-hydrogen) atoms. The van der Waals surface area contributed by atoms with Gasteiger partial charge in [-0.25, -0.2) is 13.1 Å². The van der Waals surface area contributed by atoms with Crippen LogP contribution in [0, 0.1) is 0 Å². The molecule has 116 valence electrons. The van der Waals surface area contributed by atoms with Crippen molar-refractivity contribution in [3.05, 3.63) is 17.9 Å². The summed E-state index contributed by atoms with van der Waals surface area (Å²) in [5.74, 6) is 0.579. The Labute approximate surface area is 119 Å². The molecule has 0 aromatic carbocycles. The standard InChI is InChI=1S/C12H22N2O5S/c1-2-5-13-10-11-3-4-12(19-11)20(16,17)14-6-8-18-9-7-15/h3-4,13-15H,2,5-10H2,1H3. The summed E-state index contributed by atoms with van der Waals surface area (Å²) in [4.78, 5) is 0. The number of nitrogens with one attached hydrogen (secondary N) is 2. The Morgan fingerprint density at radius 3 is 2.80 bits per heavy atom. The van der Waals surface area contributed by atoms with Crippen molar-refractivity contribution in [2.24, 2.45) is 0 Å². The average Bonchev–Trinajstić information content (AvgIpc) is 2.88. The molecule has 0 aliphatic rings. The summed E-state index contributed by atoms with van der Waals surface area (Å²) >= 11 is 0. The van der Waals surface area contributed by atoms with E-state index < -0.39 is 10.0 Å². The second kappa shape index (κ2) is 9.09. The van der Waals surface area contributed by atoms with Crippen molar-refractivity contribution >= 4 is 10.0 Å². The first-order valence-electron chi connectivity index (χ1n) is 6.58. The lowest BCUT2D eigenvalue weighted by Gasteiger charge is -2.05. The molecule has 0 spiro atoms. The summed E-state index contributed by atoms with van der Waals surface area (Å²) in [6.07, 6.45) is 1.00. The summed E-state index contributed by atoms with van der Waals surface area (Å²) in [5, 5.41) is 11.5. The van der Waals surface area contributed by atoms with E-state index in [0.717, 1.165) is 13.0 Å². The van der Waals surface area contributed by atoms with Crippen molar-refractivity contribution < 1.29 is 22.7 Å². The molecule has 3 N–H and O–H groups in total. The van der Waals surface area contributed by atoms with Crippen LogP contribution < -0.4 is 10.0 Å². The van der Waals surface area contributed by atoms with E-state index in [2.05, 4.69) is 10.0 Å². The molecule has 7 nitrogen and oxygen atoms in total. The molecule has 1 aromatic heterocycles. The first-order chi connectivity index (χ1) is 9.60. The Morgan fingerprint density at radius 1 is 1.30 bits per heavy atom. The zero-order chi connectivity index (χ0) is 14.8. The maximum atomic E-state index is 11.9. The molecular weight excluding hydrogens is 284 g/mol. The van der Waals surface area contributed by atoms with Crippen LogP contribution >= 0.6 is 0 Å². The minimum absolute atomic E-state index is 0.0843. The van der Waals surface area contributed by atoms with Crippen LogP contribution in [-0.4, -0.2) is 46.4 Å². The van der Waals surface area contributed by atoms with Gasteiger partial charge in [0.05, 0.1) is 26.4 Å². The molecule has 0 amide bonds. The highest BCUT2D eigenvalue weighted by atomic mass is 32.2. The number of sulfonamides is 1.